The highest BCUT2D eigenvalue weighted by Crippen LogP contribution is 2.16. The van der Waals surface area contributed by atoms with Gasteiger partial charge < -0.3 is 9.47 Å². The summed E-state index contributed by atoms with van der Waals surface area (Å²) in [4.78, 5) is 23.5. The van der Waals surface area contributed by atoms with Crippen molar-refractivity contribution < 1.29 is 23.5 Å². The second-order valence-corrected chi connectivity index (χ2v) is 6.25. The molecule has 0 aliphatic carbocycles. The fraction of sp³-hybridized carbons (Fsp3) is 0.0833. The van der Waals surface area contributed by atoms with E-state index in [2.05, 4.69) is 4.74 Å². The summed E-state index contributed by atoms with van der Waals surface area (Å²) >= 11 is 0. The SMILES string of the molecule is COC(=O)c1ccc(COc2ccc(/C=C/C(=O)c3ccc(F)cc3)cc2)cc1. The number of esters is 1. The maximum absolute atomic E-state index is 12.9. The first-order valence-electron chi connectivity index (χ1n) is 8.93. The van der Waals surface area contributed by atoms with Gasteiger partial charge in [0.25, 0.3) is 0 Å². The van der Waals surface area contributed by atoms with Crippen molar-refractivity contribution in [1.82, 2.24) is 0 Å². The van der Waals surface area contributed by atoms with Crippen LogP contribution in [0, 0.1) is 5.82 Å². The zero-order valence-corrected chi connectivity index (χ0v) is 15.8. The fourth-order valence-corrected chi connectivity index (χ4v) is 2.58. The quantitative estimate of drug-likeness (QED) is 0.320. The highest BCUT2D eigenvalue weighted by atomic mass is 19.1. The molecule has 146 valence electrons. The molecular formula is C24H19FO4. The molecule has 0 atom stereocenters. The number of rotatable bonds is 7. The number of hydrogen-bond acceptors (Lipinski definition) is 4. The smallest absolute Gasteiger partial charge is 0.337 e. The Balaban J connectivity index is 1.55. The van der Waals surface area contributed by atoms with E-state index in [4.69, 9.17) is 4.74 Å². The third-order valence-corrected chi connectivity index (χ3v) is 4.22. The van der Waals surface area contributed by atoms with Gasteiger partial charge in [0.05, 0.1) is 12.7 Å². The molecule has 3 aromatic rings. The molecular weight excluding hydrogens is 371 g/mol. The molecule has 3 aromatic carbocycles. The lowest BCUT2D eigenvalue weighted by atomic mass is 10.1. The van der Waals surface area contributed by atoms with Crippen LogP contribution in [-0.4, -0.2) is 18.9 Å². The third-order valence-electron chi connectivity index (χ3n) is 4.22. The summed E-state index contributed by atoms with van der Waals surface area (Å²) in [5.41, 5.74) is 2.69. The van der Waals surface area contributed by atoms with E-state index in [0.717, 1.165) is 11.1 Å². The standard InChI is InChI=1S/C24H19FO4/c1-28-24(27)20-7-2-18(3-8-20)16-29-22-13-4-17(5-14-22)6-15-23(26)19-9-11-21(25)12-10-19/h2-15H,16H2,1H3/b15-6+. The Hall–Kier alpha value is -3.73. The number of ether oxygens (including phenoxy) is 2. The van der Waals surface area contributed by atoms with Gasteiger partial charge in [-0.25, -0.2) is 9.18 Å². The Bertz CT molecular complexity index is 1000. The molecule has 0 aromatic heterocycles. The molecule has 0 fully saturated rings. The summed E-state index contributed by atoms with van der Waals surface area (Å²) in [6, 6.07) is 19.7. The number of hydrogen-bond donors (Lipinski definition) is 0. The van der Waals surface area contributed by atoms with Gasteiger partial charge in [-0.2, -0.15) is 0 Å². The maximum Gasteiger partial charge on any atom is 0.337 e. The average molecular weight is 390 g/mol. The molecule has 0 unspecified atom stereocenters. The predicted molar refractivity (Wildman–Crippen MR) is 108 cm³/mol. The number of benzene rings is 3. The van der Waals surface area contributed by atoms with Crippen molar-refractivity contribution in [2.24, 2.45) is 0 Å². The molecule has 0 aliphatic rings. The van der Waals surface area contributed by atoms with Crippen LogP contribution in [0.15, 0.2) is 78.9 Å². The first kappa shape index (κ1) is 20.0. The third kappa shape index (κ3) is 5.62. The summed E-state index contributed by atoms with van der Waals surface area (Å²) in [5.74, 6) is -0.260. The Labute approximate surface area is 168 Å². The molecule has 0 bridgehead atoms. The molecule has 0 amide bonds. The van der Waals surface area contributed by atoms with Gasteiger partial charge in [-0.3, -0.25) is 4.79 Å². The topological polar surface area (TPSA) is 52.6 Å². The summed E-state index contributed by atoms with van der Waals surface area (Å²) in [5, 5.41) is 0. The van der Waals surface area contributed by atoms with E-state index >= 15 is 0 Å². The van der Waals surface area contributed by atoms with E-state index in [1.54, 1.807) is 18.2 Å². The molecule has 0 heterocycles. The molecule has 0 saturated carbocycles. The van der Waals surface area contributed by atoms with Crippen LogP contribution in [0.25, 0.3) is 6.08 Å². The van der Waals surface area contributed by atoms with Crippen LogP contribution in [0.3, 0.4) is 0 Å². The van der Waals surface area contributed by atoms with E-state index in [1.807, 2.05) is 36.4 Å². The van der Waals surface area contributed by atoms with E-state index in [9.17, 15) is 14.0 Å². The average Bonchev–Trinajstić information content (AvgIpc) is 2.77. The Morgan fingerprint density at radius 1 is 0.862 bits per heavy atom. The number of allylic oxidation sites excluding steroid dienone is 1. The summed E-state index contributed by atoms with van der Waals surface area (Å²) in [7, 11) is 1.34. The van der Waals surface area contributed by atoms with Crippen molar-refractivity contribution in [2.45, 2.75) is 6.61 Å². The van der Waals surface area contributed by atoms with Gasteiger partial charge in [0.1, 0.15) is 18.2 Å². The summed E-state index contributed by atoms with van der Waals surface area (Å²) < 4.78 is 23.3. The van der Waals surface area contributed by atoms with Crippen LogP contribution < -0.4 is 4.74 Å². The van der Waals surface area contributed by atoms with Crippen LogP contribution in [0.2, 0.25) is 0 Å². The zero-order valence-electron chi connectivity index (χ0n) is 15.8. The van der Waals surface area contributed by atoms with Crippen LogP contribution in [0.1, 0.15) is 31.8 Å². The maximum atomic E-state index is 12.9. The first-order valence-corrected chi connectivity index (χ1v) is 8.93. The van der Waals surface area contributed by atoms with E-state index < -0.39 is 0 Å². The second-order valence-electron chi connectivity index (χ2n) is 6.25. The van der Waals surface area contributed by atoms with Crippen molar-refractivity contribution in [3.05, 3.63) is 107 Å². The number of methoxy groups -OCH3 is 1. The Morgan fingerprint density at radius 3 is 2.10 bits per heavy atom. The van der Waals surface area contributed by atoms with Gasteiger partial charge in [0.2, 0.25) is 0 Å². The Morgan fingerprint density at radius 2 is 1.48 bits per heavy atom. The second kappa shape index (κ2) is 9.46. The fourth-order valence-electron chi connectivity index (χ4n) is 2.58. The number of carbonyl (C=O) groups is 2. The van der Waals surface area contributed by atoms with Crippen LogP contribution in [-0.2, 0) is 11.3 Å². The van der Waals surface area contributed by atoms with Crippen LogP contribution in [0.4, 0.5) is 4.39 Å². The minimum atomic E-state index is -0.376. The lowest BCUT2D eigenvalue weighted by Crippen LogP contribution is -2.01. The highest BCUT2D eigenvalue weighted by Gasteiger charge is 2.05. The van der Waals surface area contributed by atoms with Crippen molar-refractivity contribution in [1.29, 1.82) is 0 Å². The Kier molecular flexibility index (Phi) is 6.53. The van der Waals surface area contributed by atoms with Gasteiger partial charge in [0, 0.05) is 5.56 Å². The first-order chi connectivity index (χ1) is 14.0. The number of halogens is 1. The van der Waals surface area contributed by atoms with Gasteiger partial charge in [-0.05, 0) is 65.7 Å². The van der Waals surface area contributed by atoms with Gasteiger partial charge in [-0.15, -0.1) is 0 Å². The van der Waals surface area contributed by atoms with Crippen molar-refractivity contribution in [2.75, 3.05) is 7.11 Å². The number of ketones is 1. The van der Waals surface area contributed by atoms with E-state index in [1.165, 1.54) is 37.5 Å². The largest absolute Gasteiger partial charge is 0.489 e. The molecule has 29 heavy (non-hydrogen) atoms. The molecule has 0 saturated heterocycles. The number of carbonyl (C=O) groups excluding carboxylic acids is 2. The lowest BCUT2D eigenvalue weighted by Gasteiger charge is -2.07. The molecule has 3 rings (SSSR count). The van der Waals surface area contributed by atoms with E-state index in [0.29, 0.717) is 23.5 Å². The molecule has 4 nitrogen and oxygen atoms in total. The molecule has 0 N–H and O–H groups in total. The minimum Gasteiger partial charge on any atom is -0.489 e. The minimum absolute atomic E-state index is 0.194. The summed E-state index contributed by atoms with van der Waals surface area (Å²) in [6.45, 7) is 0.361. The molecule has 5 heteroatoms. The monoisotopic (exact) mass is 390 g/mol. The van der Waals surface area contributed by atoms with Crippen molar-refractivity contribution in [3.8, 4) is 5.75 Å². The summed E-state index contributed by atoms with van der Waals surface area (Å²) in [6.07, 6.45) is 3.15. The molecule has 0 aliphatic heterocycles. The predicted octanol–water partition coefficient (Wildman–Crippen LogP) is 5.09. The van der Waals surface area contributed by atoms with Gasteiger partial charge >= 0.3 is 5.97 Å². The lowest BCUT2D eigenvalue weighted by molar-refractivity contribution is 0.0600. The molecule has 0 spiro atoms. The van der Waals surface area contributed by atoms with Crippen LogP contribution in [0.5, 0.6) is 5.75 Å². The van der Waals surface area contributed by atoms with Crippen molar-refractivity contribution >= 4 is 17.8 Å². The van der Waals surface area contributed by atoms with Crippen LogP contribution >= 0.6 is 0 Å². The van der Waals surface area contributed by atoms with Crippen molar-refractivity contribution in [3.63, 3.8) is 0 Å². The highest BCUT2D eigenvalue weighted by molar-refractivity contribution is 6.06. The zero-order chi connectivity index (χ0) is 20.6. The van der Waals surface area contributed by atoms with Gasteiger partial charge in [-0.1, -0.05) is 30.3 Å². The van der Waals surface area contributed by atoms with Gasteiger partial charge in [0.15, 0.2) is 5.78 Å². The normalized spacial score (nSPS) is 10.7. The van der Waals surface area contributed by atoms with E-state index in [-0.39, 0.29) is 17.6 Å². The molecule has 0 radical (unpaired) electrons.